The standard InChI is InChI=1S/C16H24N2O2/c1-12(2)10-16(8-3-4-9-16)11-17-15(20)13-6-5-7-14(19)18-13/h5-7,12H,3-4,8-11H2,1-2H3,(H,17,20)(H,18,19). The first-order valence-electron chi connectivity index (χ1n) is 7.48. The Morgan fingerprint density at radius 2 is 2.05 bits per heavy atom. The first-order chi connectivity index (χ1) is 9.51. The molecule has 4 nitrogen and oxygen atoms in total. The molecule has 1 heterocycles. The third-order valence-electron chi connectivity index (χ3n) is 4.14. The van der Waals surface area contributed by atoms with Gasteiger partial charge in [0, 0.05) is 12.6 Å². The summed E-state index contributed by atoms with van der Waals surface area (Å²) >= 11 is 0. The van der Waals surface area contributed by atoms with Crippen LogP contribution < -0.4 is 10.9 Å². The van der Waals surface area contributed by atoms with Crippen molar-refractivity contribution in [1.29, 1.82) is 0 Å². The molecule has 1 amide bonds. The molecule has 0 saturated heterocycles. The zero-order valence-corrected chi connectivity index (χ0v) is 12.4. The fourth-order valence-corrected chi connectivity index (χ4v) is 3.39. The number of carbonyl (C=O) groups is 1. The minimum Gasteiger partial charge on any atom is -0.350 e. The molecule has 1 saturated carbocycles. The minimum absolute atomic E-state index is 0.183. The summed E-state index contributed by atoms with van der Waals surface area (Å²) in [7, 11) is 0. The number of pyridine rings is 1. The maximum Gasteiger partial charge on any atom is 0.267 e. The van der Waals surface area contributed by atoms with E-state index >= 15 is 0 Å². The van der Waals surface area contributed by atoms with E-state index in [0.29, 0.717) is 18.2 Å². The Hall–Kier alpha value is -1.58. The van der Waals surface area contributed by atoms with E-state index < -0.39 is 0 Å². The summed E-state index contributed by atoms with van der Waals surface area (Å²) in [4.78, 5) is 25.9. The highest BCUT2D eigenvalue weighted by molar-refractivity contribution is 5.92. The van der Waals surface area contributed by atoms with E-state index in [1.807, 2.05) is 0 Å². The summed E-state index contributed by atoms with van der Waals surface area (Å²) < 4.78 is 0. The second-order valence-corrected chi connectivity index (χ2v) is 6.42. The fourth-order valence-electron chi connectivity index (χ4n) is 3.39. The van der Waals surface area contributed by atoms with Crippen LogP contribution in [0.2, 0.25) is 0 Å². The van der Waals surface area contributed by atoms with Crippen LogP contribution in [-0.4, -0.2) is 17.4 Å². The fraction of sp³-hybridized carbons (Fsp3) is 0.625. The monoisotopic (exact) mass is 276 g/mol. The van der Waals surface area contributed by atoms with Gasteiger partial charge in [0.05, 0.1) is 0 Å². The van der Waals surface area contributed by atoms with Crippen LogP contribution in [-0.2, 0) is 0 Å². The topological polar surface area (TPSA) is 62.0 Å². The molecule has 1 aliphatic carbocycles. The third kappa shape index (κ3) is 3.71. The molecule has 0 aromatic carbocycles. The molecule has 1 aliphatic rings. The molecule has 0 radical (unpaired) electrons. The van der Waals surface area contributed by atoms with Gasteiger partial charge in [-0.1, -0.05) is 32.8 Å². The van der Waals surface area contributed by atoms with E-state index in [1.54, 1.807) is 12.1 Å². The number of rotatable bonds is 5. The number of hydrogen-bond donors (Lipinski definition) is 2. The van der Waals surface area contributed by atoms with Crippen LogP contribution in [0.3, 0.4) is 0 Å². The van der Waals surface area contributed by atoms with Gasteiger partial charge in [-0.2, -0.15) is 0 Å². The number of amides is 1. The van der Waals surface area contributed by atoms with Gasteiger partial charge in [-0.3, -0.25) is 9.59 Å². The van der Waals surface area contributed by atoms with E-state index in [0.717, 1.165) is 6.42 Å². The van der Waals surface area contributed by atoms with Gasteiger partial charge in [0.1, 0.15) is 5.69 Å². The molecule has 4 heteroatoms. The zero-order valence-electron chi connectivity index (χ0n) is 12.4. The van der Waals surface area contributed by atoms with Gasteiger partial charge in [-0.05, 0) is 36.7 Å². The van der Waals surface area contributed by atoms with Crippen molar-refractivity contribution in [3.63, 3.8) is 0 Å². The average molecular weight is 276 g/mol. The molecule has 110 valence electrons. The lowest BCUT2D eigenvalue weighted by Crippen LogP contribution is -2.37. The van der Waals surface area contributed by atoms with Crippen LogP contribution in [0.25, 0.3) is 0 Å². The van der Waals surface area contributed by atoms with Crippen molar-refractivity contribution in [2.24, 2.45) is 11.3 Å². The van der Waals surface area contributed by atoms with E-state index in [2.05, 4.69) is 24.1 Å². The minimum atomic E-state index is -0.240. The first-order valence-corrected chi connectivity index (χ1v) is 7.48. The van der Waals surface area contributed by atoms with Gasteiger partial charge in [-0.15, -0.1) is 0 Å². The van der Waals surface area contributed by atoms with Gasteiger partial charge < -0.3 is 10.3 Å². The van der Waals surface area contributed by atoms with Crippen molar-refractivity contribution in [2.75, 3.05) is 6.54 Å². The number of carbonyl (C=O) groups excluding carboxylic acids is 1. The Morgan fingerprint density at radius 3 is 2.65 bits per heavy atom. The van der Waals surface area contributed by atoms with Crippen LogP contribution >= 0.6 is 0 Å². The molecular weight excluding hydrogens is 252 g/mol. The van der Waals surface area contributed by atoms with Gasteiger partial charge in [0.15, 0.2) is 0 Å². The summed E-state index contributed by atoms with van der Waals surface area (Å²) in [6, 6.07) is 4.65. The van der Waals surface area contributed by atoms with Gasteiger partial charge in [0.25, 0.3) is 5.91 Å². The van der Waals surface area contributed by atoms with Gasteiger partial charge in [-0.25, -0.2) is 0 Å². The first kappa shape index (κ1) is 14.8. The maximum absolute atomic E-state index is 12.1. The Morgan fingerprint density at radius 1 is 1.35 bits per heavy atom. The summed E-state index contributed by atoms with van der Waals surface area (Å²) in [6.45, 7) is 5.17. The molecule has 2 N–H and O–H groups in total. The Kier molecular flexibility index (Phi) is 4.63. The average Bonchev–Trinajstić information content (AvgIpc) is 2.84. The number of aromatic amines is 1. The van der Waals surface area contributed by atoms with Gasteiger partial charge in [0.2, 0.25) is 5.56 Å². The van der Waals surface area contributed by atoms with Crippen molar-refractivity contribution < 1.29 is 4.79 Å². The lowest BCUT2D eigenvalue weighted by atomic mass is 9.78. The predicted molar refractivity (Wildman–Crippen MR) is 79.8 cm³/mol. The van der Waals surface area contributed by atoms with Crippen molar-refractivity contribution in [1.82, 2.24) is 10.3 Å². The quantitative estimate of drug-likeness (QED) is 0.868. The smallest absolute Gasteiger partial charge is 0.267 e. The highest BCUT2D eigenvalue weighted by Crippen LogP contribution is 2.42. The summed E-state index contributed by atoms with van der Waals surface area (Å²) in [5.74, 6) is 0.458. The van der Waals surface area contributed by atoms with Crippen LogP contribution in [0.1, 0.15) is 56.4 Å². The molecule has 20 heavy (non-hydrogen) atoms. The highest BCUT2D eigenvalue weighted by Gasteiger charge is 2.34. The highest BCUT2D eigenvalue weighted by atomic mass is 16.2. The van der Waals surface area contributed by atoms with Crippen LogP contribution in [0.4, 0.5) is 0 Å². The Bertz CT molecular complexity index is 513. The van der Waals surface area contributed by atoms with E-state index in [1.165, 1.54) is 31.7 Å². The SMILES string of the molecule is CC(C)CC1(CNC(=O)c2cccc(=O)[nH]2)CCCC1. The van der Waals surface area contributed by atoms with Crippen LogP contribution in [0, 0.1) is 11.3 Å². The second-order valence-electron chi connectivity index (χ2n) is 6.42. The van der Waals surface area contributed by atoms with Gasteiger partial charge >= 0.3 is 0 Å². The molecule has 1 aromatic rings. The Labute approximate surface area is 120 Å². The number of hydrogen-bond acceptors (Lipinski definition) is 2. The second kappa shape index (κ2) is 6.25. The van der Waals surface area contributed by atoms with Crippen molar-refractivity contribution >= 4 is 5.91 Å². The molecule has 0 unspecified atom stereocenters. The van der Waals surface area contributed by atoms with Crippen molar-refractivity contribution in [2.45, 2.75) is 46.0 Å². The summed E-state index contributed by atoms with van der Waals surface area (Å²) in [5.41, 5.74) is 0.351. The third-order valence-corrected chi connectivity index (χ3v) is 4.14. The number of nitrogens with one attached hydrogen (secondary N) is 2. The maximum atomic E-state index is 12.1. The molecule has 2 rings (SSSR count). The molecule has 1 aromatic heterocycles. The molecule has 0 atom stereocenters. The van der Waals surface area contributed by atoms with Crippen molar-refractivity contribution in [3.8, 4) is 0 Å². The summed E-state index contributed by atoms with van der Waals surface area (Å²) in [6.07, 6.45) is 6.04. The summed E-state index contributed by atoms with van der Waals surface area (Å²) in [5, 5.41) is 3.01. The molecule has 0 bridgehead atoms. The number of aromatic nitrogens is 1. The van der Waals surface area contributed by atoms with Crippen LogP contribution in [0.15, 0.2) is 23.0 Å². The van der Waals surface area contributed by atoms with E-state index in [-0.39, 0.29) is 16.9 Å². The molecule has 0 spiro atoms. The number of H-pyrrole nitrogens is 1. The van der Waals surface area contributed by atoms with Crippen molar-refractivity contribution in [3.05, 3.63) is 34.2 Å². The largest absolute Gasteiger partial charge is 0.350 e. The zero-order chi connectivity index (χ0) is 14.6. The predicted octanol–water partition coefficient (Wildman–Crippen LogP) is 2.71. The molecular formula is C16H24N2O2. The lowest BCUT2D eigenvalue weighted by Gasteiger charge is -2.31. The van der Waals surface area contributed by atoms with E-state index in [4.69, 9.17) is 0 Å². The lowest BCUT2D eigenvalue weighted by molar-refractivity contribution is 0.0916. The molecule has 0 aliphatic heterocycles. The normalized spacial score (nSPS) is 17.4. The molecule has 1 fully saturated rings. The van der Waals surface area contributed by atoms with E-state index in [9.17, 15) is 9.59 Å². The Balaban J connectivity index is 1.99. The van der Waals surface area contributed by atoms with Crippen LogP contribution in [0.5, 0.6) is 0 Å².